The van der Waals surface area contributed by atoms with Gasteiger partial charge in [0.25, 0.3) is 5.91 Å². The summed E-state index contributed by atoms with van der Waals surface area (Å²) >= 11 is 6.22. The van der Waals surface area contributed by atoms with Gasteiger partial charge in [-0.25, -0.2) is 0 Å². The molecule has 23 heavy (non-hydrogen) atoms. The normalized spacial score (nSPS) is 16.7. The van der Waals surface area contributed by atoms with E-state index in [4.69, 9.17) is 16.3 Å². The van der Waals surface area contributed by atoms with Crippen molar-refractivity contribution in [1.82, 2.24) is 0 Å². The minimum atomic E-state index is -0.521. The molecule has 1 aliphatic heterocycles. The van der Waals surface area contributed by atoms with Crippen LogP contribution in [0.2, 0.25) is 5.02 Å². The van der Waals surface area contributed by atoms with Crippen molar-refractivity contribution in [2.45, 2.75) is 26.0 Å². The van der Waals surface area contributed by atoms with Gasteiger partial charge < -0.3 is 9.64 Å². The van der Waals surface area contributed by atoms with Crippen molar-refractivity contribution in [1.29, 1.82) is 0 Å². The highest BCUT2D eigenvalue weighted by Crippen LogP contribution is 2.36. The number of carbonyl (C=O) groups excluding carboxylic acids is 2. The fraction of sp³-hybridized carbons (Fsp3) is 0.222. The average Bonchev–Trinajstić information content (AvgIpc) is 2.58. The second-order valence-electron chi connectivity index (χ2n) is 5.38. The Balaban J connectivity index is 2.04. The van der Waals surface area contributed by atoms with E-state index in [-0.39, 0.29) is 5.91 Å². The lowest BCUT2D eigenvalue weighted by Gasteiger charge is -2.34. The van der Waals surface area contributed by atoms with Gasteiger partial charge in [-0.05, 0) is 36.2 Å². The summed E-state index contributed by atoms with van der Waals surface area (Å²) in [6.07, 6.45) is 0.809. The molecule has 1 atom stereocenters. The number of hydrogen-bond donors (Lipinski definition) is 0. The number of fused-ring (bicyclic) bond motifs is 1. The largest absolute Gasteiger partial charge is 0.478 e. The smallest absolute Gasteiger partial charge is 0.268 e. The minimum Gasteiger partial charge on any atom is -0.478 e. The lowest BCUT2D eigenvalue weighted by atomic mass is 10.1. The van der Waals surface area contributed by atoms with Gasteiger partial charge in [0.15, 0.2) is 6.10 Å². The molecule has 0 saturated heterocycles. The standard InChI is InChI=1S/C18H16ClNO3/c1-2-16-18(22)20(10-13-5-3-4-6-14(13)19)15-9-12(11-21)7-8-17(15)23-16/h3-9,11,16H,2,10H2,1H3. The number of amides is 1. The molecule has 0 fully saturated rings. The molecule has 0 aliphatic carbocycles. The minimum absolute atomic E-state index is 0.122. The molecule has 2 aromatic rings. The predicted molar refractivity (Wildman–Crippen MR) is 89.2 cm³/mol. The molecule has 1 unspecified atom stereocenters. The summed E-state index contributed by atoms with van der Waals surface area (Å²) in [5.41, 5.74) is 1.95. The lowest BCUT2D eigenvalue weighted by Crippen LogP contribution is -2.45. The highest BCUT2D eigenvalue weighted by atomic mass is 35.5. The third-order valence-electron chi connectivity index (χ3n) is 3.88. The van der Waals surface area contributed by atoms with Gasteiger partial charge in [-0.2, -0.15) is 0 Å². The molecule has 0 bridgehead atoms. The lowest BCUT2D eigenvalue weighted by molar-refractivity contribution is -0.126. The van der Waals surface area contributed by atoms with Crippen molar-refractivity contribution < 1.29 is 14.3 Å². The van der Waals surface area contributed by atoms with Crippen LogP contribution in [0.4, 0.5) is 5.69 Å². The molecule has 0 radical (unpaired) electrons. The van der Waals surface area contributed by atoms with E-state index in [0.29, 0.717) is 35.0 Å². The van der Waals surface area contributed by atoms with E-state index < -0.39 is 6.10 Å². The zero-order chi connectivity index (χ0) is 16.4. The topological polar surface area (TPSA) is 46.6 Å². The third-order valence-corrected chi connectivity index (χ3v) is 4.25. The maximum Gasteiger partial charge on any atom is 0.268 e. The van der Waals surface area contributed by atoms with Crippen LogP contribution in [0, 0.1) is 0 Å². The zero-order valence-corrected chi connectivity index (χ0v) is 13.4. The molecule has 1 heterocycles. The summed E-state index contributed by atoms with van der Waals surface area (Å²) in [7, 11) is 0. The average molecular weight is 330 g/mol. The Morgan fingerprint density at radius 2 is 2.04 bits per heavy atom. The van der Waals surface area contributed by atoms with Gasteiger partial charge in [0.05, 0.1) is 12.2 Å². The van der Waals surface area contributed by atoms with Crippen LogP contribution >= 0.6 is 11.6 Å². The first-order valence-electron chi connectivity index (χ1n) is 7.44. The molecule has 118 valence electrons. The van der Waals surface area contributed by atoms with E-state index in [1.54, 1.807) is 29.2 Å². The highest BCUT2D eigenvalue weighted by molar-refractivity contribution is 6.31. The van der Waals surface area contributed by atoms with Crippen LogP contribution in [-0.4, -0.2) is 18.3 Å². The van der Waals surface area contributed by atoms with Crippen molar-refractivity contribution in [3.05, 3.63) is 58.6 Å². The molecule has 1 amide bonds. The fourth-order valence-corrected chi connectivity index (χ4v) is 2.83. The second-order valence-corrected chi connectivity index (χ2v) is 5.78. The van der Waals surface area contributed by atoms with Crippen molar-refractivity contribution in [2.75, 3.05) is 4.90 Å². The summed E-state index contributed by atoms with van der Waals surface area (Å²) in [5, 5.41) is 0.605. The summed E-state index contributed by atoms with van der Waals surface area (Å²) in [6.45, 7) is 2.24. The van der Waals surface area contributed by atoms with Gasteiger partial charge >= 0.3 is 0 Å². The van der Waals surface area contributed by atoms with Crippen LogP contribution in [0.3, 0.4) is 0 Å². The first-order valence-corrected chi connectivity index (χ1v) is 7.82. The van der Waals surface area contributed by atoms with Crippen molar-refractivity contribution >= 4 is 29.5 Å². The van der Waals surface area contributed by atoms with E-state index in [0.717, 1.165) is 11.8 Å². The number of nitrogens with zero attached hydrogens (tertiary/aromatic N) is 1. The van der Waals surface area contributed by atoms with Gasteiger partial charge in [0.1, 0.15) is 12.0 Å². The number of ether oxygens (including phenoxy) is 1. The van der Waals surface area contributed by atoms with Crippen molar-refractivity contribution in [3.63, 3.8) is 0 Å². The first kappa shape index (κ1) is 15.6. The Morgan fingerprint density at radius 1 is 1.26 bits per heavy atom. The maximum atomic E-state index is 12.7. The molecule has 0 N–H and O–H groups in total. The number of hydrogen-bond acceptors (Lipinski definition) is 3. The number of anilines is 1. The summed E-state index contributed by atoms with van der Waals surface area (Å²) in [5.74, 6) is 0.483. The van der Waals surface area contributed by atoms with Gasteiger partial charge in [-0.1, -0.05) is 36.7 Å². The van der Waals surface area contributed by atoms with E-state index in [9.17, 15) is 9.59 Å². The Morgan fingerprint density at radius 3 is 2.74 bits per heavy atom. The van der Waals surface area contributed by atoms with E-state index in [1.807, 2.05) is 25.1 Å². The van der Waals surface area contributed by atoms with E-state index in [2.05, 4.69) is 0 Å². The number of halogens is 1. The Bertz CT molecular complexity index is 760. The summed E-state index contributed by atoms with van der Waals surface area (Å²) in [6, 6.07) is 12.5. The van der Waals surface area contributed by atoms with Crippen LogP contribution in [0.5, 0.6) is 5.75 Å². The molecule has 2 aromatic carbocycles. The number of benzene rings is 2. The highest BCUT2D eigenvalue weighted by Gasteiger charge is 2.33. The number of aldehydes is 1. The van der Waals surface area contributed by atoms with Crippen LogP contribution in [0.15, 0.2) is 42.5 Å². The monoisotopic (exact) mass is 329 g/mol. The van der Waals surface area contributed by atoms with Crippen LogP contribution in [0.1, 0.15) is 29.3 Å². The van der Waals surface area contributed by atoms with Crippen molar-refractivity contribution in [3.8, 4) is 5.75 Å². The number of rotatable bonds is 4. The quantitative estimate of drug-likeness (QED) is 0.800. The zero-order valence-electron chi connectivity index (χ0n) is 12.7. The molecule has 0 aromatic heterocycles. The number of carbonyl (C=O) groups is 2. The van der Waals surface area contributed by atoms with Crippen LogP contribution in [0.25, 0.3) is 0 Å². The maximum absolute atomic E-state index is 12.7. The van der Waals surface area contributed by atoms with E-state index >= 15 is 0 Å². The van der Waals surface area contributed by atoms with Crippen LogP contribution in [-0.2, 0) is 11.3 Å². The third kappa shape index (κ3) is 2.94. The molecular weight excluding hydrogens is 314 g/mol. The van der Waals surface area contributed by atoms with Crippen molar-refractivity contribution in [2.24, 2.45) is 0 Å². The molecule has 4 nitrogen and oxygen atoms in total. The second kappa shape index (κ2) is 6.42. The van der Waals surface area contributed by atoms with Gasteiger partial charge in [-0.15, -0.1) is 0 Å². The van der Waals surface area contributed by atoms with Crippen LogP contribution < -0.4 is 9.64 Å². The Kier molecular flexibility index (Phi) is 4.35. The van der Waals surface area contributed by atoms with Gasteiger partial charge in [0, 0.05) is 10.6 Å². The molecule has 1 aliphatic rings. The van der Waals surface area contributed by atoms with Gasteiger partial charge in [-0.3, -0.25) is 9.59 Å². The molecule has 0 saturated carbocycles. The molecule has 5 heteroatoms. The van der Waals surface area contributed by atoms with E-state index in [1.165, 1.54) is 0 Å². The first-order chi connectivity index (χ1) is 11.1. The van der Waals surface area contributed by atoms with Gasteiger partial charge in [0.2, 0.25) is 0 Å². The Labute approximate surface area is 139 Å². The molecule has 0 spiro atoms. The fourth-order valence-electron chi connectivity index (χ4n) is 2.63. The SMILES string of the molecule is CCC1Oc2ccc(C=O)cc2N(Cc2ccccc2Cl)C1=O. The predicted octanol–water partition coefficient (Wildman–Crippen LogP) is 3.86. The summed E-state index contributed by atoms with van der Waals surface area (Å²) in [4.78, 5) is 25.4. The molecule has 3 rings (SSSR count). The Hall–Kier alpha value is -2.33. The molecular formula is C18H16ClNO3. The summed E-state index contributed by atoms with van der Waals surface area (Å²) < 4.78 is 5.75.